The molecular formula is Bi2O4-5. The fourth-order valence-electron chi connectivity index (χ4n) is 0. The van der Waals surface area contributed by atoms with Crippen LogP contribution in [0, 0.1) is 0 Å². The Kier molecular flexibility index (Phi) is 1730. The van der Waals surface area contributed by atoms with E-state index in [-0.39, 0.29) is 74.3 Å². The van der Waals surface area contributed by atoms with Gasteiger partial charge in [-0.05, 0) is 0 Å². The fraction of sp³-hybridized carbons (Fsp3) is 0. The Morgan fingerprint density at radius 2 is 0.500 bits per heavy atom. The molecule has 0 aliphatic heterocycles. The van der Waals surface area contributed by atoms with E-state index in [9.17, 15) is 0 Å². The summed E-state index contributed by atoms with van der Waals surface area (Å²) in [5, 5.41) is 0. The van der Waals surface area contributed by atoms with Gasteiger partial charge in [-0.2, -0.15) is 0 Å². The molecule has 6 heteroatoms. The minimum absolute atomic E-state index is 0. The van der Waals surface area contributed by atoms with Crippen LogP contribution in [0.1, 0.15) is 0 Å². The average molecular weight is 482 g/mol. The number of rotatable bonds is 0. The summed E-state index contributed by atoms with van der Waals surface area (Å²) < 4.78 is 0. The molecule has 0 heterocycles. The molecule has 0 saturated heterocycles. The van der Waals surface area contributed by atoms with Crippen LogP contribution in [0.3, 0.4) is 0 Å². The van der Waals surface area contributed by atoms with Crippen LogP contribution in [-0.4, -0.2) is 52.4 Å². The van der Waals surface area contributed by atoms with E-state index in [1.165, 1.54) is 0 Å². The standard InChI is InChI=1S/2Bi.4O/q;+3;4*-2. The van der Waals surface area contributed by atoms with Crippen molar-refractivity contribution < 1.29 is 21.9 Å². The maximum Gasteiger partial charge on any atom is 3.00 e. The van der Waals surface area contributed by atoms with Gasteiger partial charge in [0, 0.05) is 26.2 Å². The predicted octanol–water partition coefficient (Wildman–Crippen LogP) is -1.24. The Labute approximate surface area is 73.8 Å². The van der Waals surface area contributed by atoms with Crippen molar-refractivity contribution in [2.24, 2.45) is 0 Å². The van der Waals surface area contributed by atoms with E-state index in [1.54, 1.807) is 0 Å². The molecule has 5 radical (unpaired) electrons. The van der Waals surface area contributed by atoms with E-state index in [2.05, 4.69) is 0 Å². The van der Waals surface area contributed by atoms with E-state index in [0.717, 1.165) is 0 Å². The zero-order chi connectivity index (χ0) is 0. The van der Waals surface area contributed by atoms with Crippen molar-refractivity contribution in [2.75, 3.05) is 0 Å². The third kappa shape index (κ3) is 46.1. The van der Waals surface area contributed by atoms with Crippen LogP contribution in [0.4, 0.5) is 0 Å². The van der Waals surface area contributed by atoms with Crippen molar-refractivity contribution in [2.45, 2.75) is 0 Å². The van der Waals surface area contributed by atoms with Crippen molar-refractivity contribution in [1.29, 1.82) is 0 Å². The van der Waals surface area contributed by atoms with Crippen LogP contribution in [0.15, 0.2) is 0 Å². The maximum absolute atomic E-state index is 0. The molecule has 0 atom stereocenters. The van der Waals surface area contributed by atoms with Crippen LogP contribution in [-0.2, 0) is 21.9 Å². The number of hydrogen-bond donors (Lipinski definition) is 0. The molecule has 0 saturated carbocycles. The summed E-state index contributed by atoms with van der Waals surface area (Å²) in [5.41, 5.74) is 0. The van der Waals surface area contributed by atoms with Crippen LogP contribution < -0.4 is 0 Å². The molecule has 0 aliphatic carbocycles. The predicted molar refractivity (Wildman–Crippen MR) is 14.3 cm³/mol. The van der Waals surface area contributed by atoms with Crippen molar-refractivity contribution in [3.05, 3.63) is 0 Å². The van der Waals surface area contributed by atoms with Crippen LogP contribution in [0.2, 0.25) is 0 Å². The molecule has 6 heavy (non-hydrogen) atoms. The van der Waals surface area contributed by atoms with Gasteiger partial charge in [0.25, 0.3) is 0 Å². The van der Waals surface area contributed by atoms with E-state index < -0.39 is 0 Å². The van der Waals surface area contributed by atoms with Crippen molar-refractivity contribution in [3.63, 3.8) is 0 Å². The third-order valence-electron chi connectivity index (χ3n) is 0. The zero-order valence-corrected chi connectivity index (χ0v) is 9.48. The molecule has 0 rings (SSSR count). The normalized spacial score (nSPS) is 0. The maximum atomic E-state index is 0. The molecule has 0 aromatic rings. The summed E-state index contributed by atoms with van der Waals surface area (Å²) in [4.78, 5) is 0. The Bertz CT molecular complexity index is 5.51. The third-order valence-corrected chi connectivity index (χ3v) is 0. The molecule has 0 unspecified atom stereocenters. The van der Waals surface area contributed by atoms with Gasteiger partial charge in [0.1, 0.15) is 0 Å². The van der Waals surface area contributed by atoms with Crippen LogP contribution in [0.5, 0.6) is 0 Å². The molecule has 0 aliphatic rings. The minimum Gasteiger partial charge on any atom is -2.00 e. The summed E-state index contributed by atoms with van der Waals surface area (Å²) in [6.45, 7) is 0. The zero-order valence-electron chi connectivity index (χ0n) is 2.53. The summed E-state index contributed by atoms with van der Waals surface area (Å²) in [6, 6.07) is 0. The van der Waals surface area contributed by atoms with Gasteiger partial charge in [-0.25, -0.2) is 0 Å². The first-order chi connectivity index (χ1) is 0. The van der Waals surface area contributed by atoms with Gasteiger partial charge in [-0.15, -0.1) is 0 Å². The van der Waals surface area contributed by atoms with Gasteiger partial charge < -0.3 is 21.9 Å². The molecule has 0 aromatic heterocycles. The first kappa shape index (κ1) is 129. The monoisotopic (exact) mass is 482 g/mol. The molecule has 0 N–H and O–H groups in total. The molecule has 4 nitrogen and oxygen atoms in total. The fourth-order valence-corrected chi connectivity index (χ4v) is 0. The Balaban J connectivity index is 0. The molecule has 0 amide bonds. The largest absolute Gasteiger partial charge is 3.00 e. The van der Waals surface area contributed by atoms with E-state index in [4.69, 9.17) is 0 Å². The van der Waals surface area contributed by atoms with Crippen molar-refractivity contribution in [1.82, 2.24) is 0 Å². The van der Waals surface area contributed by atoms with Gasteiger partial charge in [0.15, 0.2) is 0 Å². The topological polar surface area (TPSA) is 114 Å². The van der Waals surface area contributed by atoms with Crippen molar-refractivity contribution in [3.8, 4) is 0 Å². The second-order valence-corrected chi connectivity index (χ2v) is 0. The molecule has 39 valence electrons. The summed E-state index contributed by atoms with van der Waals surface area (Å²) in [6.07, 6.45) is 0. The quantitative estimate of drug-likeness (QED) is 0.385. The molecule has 0 bridgehead atoms. The molecule has 0 fully saturated rings. The van der Waals surface area contributed by atoms with E-state index in [0.29, 0.717) is 0 Å². The first-order valence-electron chi connectivity index (χ1n) is 0. The molecular weight excluding hydrogens is 482 g/mol. The smallest absolute Gasteiger partial charge is 2.00 e. The second-order valence-electron chi connectivity index (χ2n) is 0. The summed E-state index contributed by atoms with van der Waals surface area (Å²) in [7, 11) is 0. The average Bonchev–Trinajstić information content (AvgIpc) is 0. The SMILES string of the molecule is [Bi+3].[Bi].[O-2].[O-2].[O-2].[O-2]. The van der Waals surface area contributed by atoms with Gasteiger partial charge in [-0.1, -0.05) is 0 Å². The molecule has 0 spiro atoms. The Hall–Kier alpha value is 1.61. The van der Waals surface area contributed by atoms with Crippen molar-refractivity contribution >= 4 is 52.4 Å². The van der Waals surface area contributed by atoms with Gasteiger partial charge >= 0.3 is 26.2 Å². The van der Waals surface area contributed by atoms with E-state index in [1.807, 2.05) is 0 Å². The number of hydrogen-bond acceptors (Lipinski definition) is 0. The minimum atomic E-state index is 0. The first-order valence-corrected chi connectivity index (χ1v) is 0. The Morgan fingerprint density at radius 1 is 0.500 bits per heavy atom. The van der Waals surface area contributed by atoms with Gasteiger partial charge in [-0.3, -0.25) is 0 Å². The van der Waals surface area contributed by atoms with Crippen LogP contribution >= 0.6 is 0 Å². The van der Waals surface area contributed by atoms with Crippen LogP contribution in [0.25, 0.3) is 0 Å². The van der Waals surface area contributed by atoms with E-state index >= 15 is 0 Å². The van der Waals surface area contributed by atoms with Gasteiger partial charge in [0.2, 0.25) is 0 Å². The Morgan fingerprint density at radius 3 is 0.500 bits per heavy atom. The molecule has 0 aromatic carbocycles. The van der Waals surface area contributed by atoms with Gasteiger partial charge in [0.05, 0.1) is 0 Å². The second kappa shape index (κ2) is 80.5. The summed E-state index contributed by atoms with van der Waals surface area (Å²) >= 11 is 0. The summed E-state index contributed by atoms with van der Waals surface area (Å²) in [5.74, 6) is 0.